The summed E-state index contributed by atoms with van der Waals surface area (Å²) in [6, 6.07) is 0. The number of hydrogen-bond donors (Lipinski definition) is 3. The highest BCUT2D eigenvalue weighted by molar-refractivity contribution is 7.13. The van der Waals surface area contributed by atoms with Crippen molar-refractivity contribution in [2.45, 2.75) is 39.7 Å². The van der Waals surface area contributed by atoms with Crippen molar-refractivity contribution in [3.8, 4) is 0 Å². The summed E-state index contributed by atoms with van der Waals surface area (Å²) in [5.74, 6) is -0.939. The number of amides is 1. The number of carboxylic acid groups (broad SMARTS) is 1. The maximum absolute atomic E-state index is 12.5. The van der Waals surface area contributed by atoms with Crippen molar-refractivity contribution < 1.29 is 14.7 Å². The SMILES string of the molecule is CCC1(C(=O)NCc2nc(C)c(C(=O)O)s2)CCCNC1. The first-order valence-corrected chi connectivity index (χ1v) is 7.99. The minimum atomic E-state index is -0.968. The average molecular weight is 311 g/mol. The minimum Gasteiger partial charge on any atom is -0.477 e. The smallest absolute Gasteiger partial charge is 0.347 e. The molecule has 21 heavy (non-hydrogen) atoms. The molecular formula is C14H21N3O3S. The van der Waals surface area contributed by atoms with Gasteiger partial charge in [-0.25, -0.2) is 9.78 Å². The molecule has 3 N–H and O–H groups in total. The van der Waals surface area contributed by atoms with E-state index in [-0.39, 0.29) is 16.2 Å². The molecule has 1 atom stereocenters. The third kappa shape index (κ3) is 3.41. The number of nitrogens with one attached hydrogen (secondary N) is 2. The molecule has 0 saturated carbocycles. The van der Waals surface area contributed by atoms with Gasteiger partial charge in [0.2, 0.25) is 5.91 Å². The summed E-state index contributed by atoms with van der Waals surface area (Å²) in [7, 11) is 0. The second kappa shape index (κ2) is 6.53. The van der Waals surface area contributed by atoms with E-state index in [1.165, 1.54) is 0 Å². The first kappa shape index (κ1) is 15.9. The quantitative estimate of drug-likeness (QED) is 0.767. The lowest BCUT2D eigenvalue weighted by Gasteiger charge is -2.35. The number of aromatic carboxylic acids is 1. The van der Waals surface area contributed by atoms with Gasteiger partial charge in [0.1, 0.15) is 9.88 Å². The average Bonchev–Trinajstić information content (AvgIpc) is 2.86. The molecule has 6 nitrogen and oxygen atoms in total. The Morgan fingerprint density at radius 2 is 2.29 bits per heavy atom. The molecule has 7 heteroatoms. The Bertz CT molecular complexity index is 536. The number of nitrogens with zero attached hydrogens (tertiary/aromatic N) is 1. The first-order valence-electron chi connectivity index (χ1n) is 7.17. The number of carboxylic acids is 1. The fraction of sp³-hybridized carbons (Fsp3) is 0.643. The predicted molar refractivity (Wildman–Crippen MR) is 80.5 cm³/mol. The highest BCUT2D eigenvalue weighted by atomic mass is 32.1. The van der Waals surface area contributed by atoms with Crippen LogP contribution in [0, 0.1) is 12.3 Å². The van der Waals surface area contributed by atoms with Gasteiger partial charge < -0.3 is 15.7 Å². The minimum absolute atomic E-state index is 0.0296. The van der Waals surface area contributed by atoms with Gasteiger partial charge in [-0.1, -0.05) is 6.92 Å². The molecule has 0 spiro atoms. The standard InChI is InChI=1S/C14H21N3O3S/c1-3-14(5-4-6-15-8-14)13(20)16-7-10-17-9(2)11(21-10)12(18)19/h15H,3-8H2,1-2H3,(H,16,20)(H,18,19). The number of aromatic nitrogens is 1. The van der Waals surface area contributed by atoms with E-state index in [0.29, 0.717) is 23.8 Å². The summed E-state index contributed by atoms with van der Waals surface area (Å²) >= 11 is 1.12. The molecule has 0 aromatic carbocycles. The fourth-order valence-electron chi connectivity index (χ4n) is 2.69. The zero-order valence-electron chi connectivity index (χ0n) is 12.4. The molecular weight excluding hydrogens is 290 g/mol. The van der Waals surface area contributed by atoms with Crippen molar-refractivity contribution in [3.63, 3.8) is 0 Å². The van der Waals surface area contributed by atoms with E-state index in [9.17, 15) is 9.59 Å². The molecule has 0 bridgehead atoms. The molecule has 1 amide bonds. The van der Waals surface area contributed by atoms with Crippen LogP contribution < -0.4 is 10.6 Å². The van der Waals surface area contributed by atoms with Gasteiger partial charge in [0, 0.05) is 6.54 Å². The number of piperidine rings is 1. The molecule has 0 radical (unpaired) electrons. The summed E-state index contributed by atoms with van der Waals surface area (Å²) in [4.78, 5) is 27.9. The summed E-state index contributed by atoms with van der Waals surface area (Å²) < 4.78 is 0. The van der Waals surface area contributed by atoms with Crippen molar-refractivity contribution in [1.29, 1.82) is 0 Å². The van der Waals surface area contributed by atoms with E-state index in [0.717, 1.165) is 37.1 Å². The van der Waals surface area contributed by atoms with E-state index in [2.05, 4.69) is 15.6 Å². The second-order valence-corrected chi connectivity index (χ2v) is 6.51. The zero-order valence-corrected chi connectivity index (χ0v) is 13.2. The van der Waals surface area contributed by atoms with Gasteiger partial charge in [-0.3, -0.25) is 4.79 Å². The lowest BCUT2D eigenvalue weighted by molar-refractivity contribution is -0.132. The van der Waals surface area contributed by atoms with Crippen LogP contribution in [-0.2, 0) is 11.3 Å². The van der Waals surface area contributed by atoms with E-state index in [4.69, 9.17) is 5.11 Å². The number of rotatable bonds is 5. The summed E-state index contributed by atoms with van der Waals surface area (Å²) in [6.07, 6.45) is 2.68. The molecule has 1 aromatic heterocycles. The van der Waals surface area contributed by atoms with Crippen molar-refractivity contribution in [1.82, 2.24) is 15.6 Å². The van der Waals surface area contributed by atoms with Gasteiger partial charge >= 0.3 is 5.97 Å². The first-order chi connectivity index (χ1) is 9.98. The Hall–Kier alpha value is -1.47. The number of aryl methyl sites for hydroxylation is 1. The Morgan fingerprint density at radius 3 is 2.81 bits per heavy atom. The number of carbonyl (C=O) groups excluding carboxylic acids is 1. The monoisotopic (exact) mass is 311 g/mol. The van der Waals surface area contributed by atoms with Gasteiger partial charge in [0.15, 0.2) is 0 Å². The lowest BCUT2D eigenvalue weighted by atomic mass is 9.77. The number of carbonyl (C=O) groups is 2. The number of hydrogen-bond acceptors (Lipinski definition) is 5. The Balaban J connectivity index is 2.00. The van der Waals surface area contributed by atoms with Crippen LogP contribution in [0.2, 0.25) is 0 Å². The Morgan fingerprint density at radius 1 is 1.52 bits per heavy atom. The van der Waals surface area contributed by atoms with Crippen LogP contribution >= 0.6 is 11.3 Å². The molecule has 2 heterocycles. The molecule has 2 rings (SSSR count). The maximum Gasteiger partial charge on any atom is 0.347 e. The van der Waals surface area contributed by atoms with Crippen LogP contribution in [0.3, 0.4) is 0 Å². The van der Waals surface area contributed by atoms with Gasteiger partial charge in [0.05, 0.1) is 17.7 Å². The van der Waals surface area contributed by atoms with E-state index >= 15 is 0 Å². The van der Waals surface area contributed by atoms with Crippen LogP contribution in [-0.4, -0.2) is 35.1 Å². The van der Waals surface area contributed by atoms with Gasteiger partial charge in [-0.05, 0) is 32.7 Å². The largest absolute Gasteiger partial charge is 0.477 e. The van der Waals surface area contributed by atoms with Crippen molar-refractivity contribution in [2.24, 2.45) is 5.41 Å². The third-order valence-electron chi connectivity index (χ3n) is 4.07. The van der Waals surface area contributed by atoms with E-state index in [1.54, 1.807) is 6.92 Å². The normalized spacial score (nSPS) is 22.0. The number of thiazole rings is 1. The Labute approximate surface area is 128 Å². The molecule has 1 aliphatic heterocycles. The van der Waals surface area contributed by atoms with Crippen molar-refractivity contribution >= 4 is 23.2 Å². The third-order valence-corrected chi connectivity index (χ3v) is 5.21. The van der Waals surface area contributed by atoms with Crippen LogP contribution in [0.25, 0.3) is 0 Å². The van der Waals surface area contributed by atoms with Crippen molar-refractivity contribution in [2.75, 3.05) is 13.1 Å². The maximum atomic E-state index is 12.5. The zero-order chi connectivity index (χ0) is 15.5. The highest BCUT2D eigenvalue weighted by Crippen LogP contribution is 2.30. The van der Waals surface area contributed by atoms with Gasteiger partial charge in [-0.2, -0.15) is 0 Å². The van der Waals surface area contributed by atoms with Crippen LogP contribution in [0.15, 0.2) is 0 Å². The molecule has 1 fully saturated rings. The molecule has 1 aliphatic rings. The van der Waals surface area contributed by atoms with Gasteiger partial charge in [0.25, 0.3) is 0 Å². The van der Waals surface area contributed by atoms with Gasteiger partial charge in [-0.15, -0.1) is 11.3 Å². The molecule has 0 aliphatic carbocycles. The highest BCUT2D eigenvalue weighted by Gasteiger charge is 2.37. The van der Waals surface area contributed by atoms with Crippen LogP contribution in [0.5, 0.6) is 0 Å². The van der Waals surface area contributed by atoms with E-state index < -0.39 is 5.97 Å². The second-order valence-electron chi connectivity index (χ2n) is 5.42. The topological polar surface area (TPSA) is 91.3 Å². The lowest BCUT2D eigenvalue weighted by Crippen LogP contribution is -2.50. The molecule has 1 unspecified atom stereocenters. The van der Waals surface area contributed by atoms with Crippen LogP contribution in [0.1, 0.15) is 46.6 Å². The fourth-order valence-corrected chi connectivity index (χ4v) is 3.54. The molecule has 1 aromatic rings. The predicted octanol–water partition coefficient (Wildman–Crippen LogP) is 1.55. The van der Waals surface area contributed by atoms with Crippen molar-refractivity contribution in [3.05, 3.63) is 15.6 Å². The van der Waals surface area contributed by atoms with Crippen LogP contribution in [0.4, 0.5) is 0 Å². The molecule has 116 valence electrons. The summed E-state index contributed by atoms with van der Waals surface area (Å²) in [6.45, 7) is 5.65. The van der Waals surface area contributed by atoms with E-state index in [1.807, 2.05) is 6.92 Å². The Kier molecular flexibility index (Phi) is 4.95. The summed E-state index contributed by atoms with van der Waals surface area (Å²) in [5, 5.41) is 15.8. The molecule has 1 saturated heterocycles. The summed E-state index contributed by atoms with van der Waals surface area (Å²) in [5.41, 5.74) is 0.154.